The van der Waals surface area contributed by atoms with E-state index in [0.29, 0.717) is 24.2 Å². The maximum atomic E-state index is 11.0. The SMILES string of the molecule is CCCCCCCC1=NCC[N+]1(CCOCCC(=O)O)CCC(=O)O. The van der Waals surface area contributed by atoms with Gasteiger partial charge in [-0.2, -0.15) is 0 Å². The van der Waals surface area contributed by atoms with E-state index in [0.717, 1.165) is 31.8 Å². The highest BCUT2D eigenvalue weighted by Crippen LogP contribution is 2.21. The molecule has 0 aromatic heterocycles. The Balaban J connectivity index is 2.52. The van der Waals surface area contributed by atoms with Gasteiger partial charge in [-0.15, -0.1) is 0 Å². The van der Waals surface area contributed by atoms with Gasteiger partial charge in [0.25, 0.3) is 0 Å². The summed E-state index contributed by atoms with van der Waals surface area (Å²) in [6.45, 7) is 5.57. The Bertz CT molecular complexity index is 453. The smallest absolute Gasteiger partial charge is 0.309 e. The maximum absolute atomic E-state index is 11.0. The molecule has 1 aliphatic rings. The van der Waals surface area contributed by atoms with Crippen molar-refractivity contribution >= 4 is 17.8 Å². The average molecular weight is 357 g/mol. The third kappa shape index (κ3) is 8.45. The molecule has 0 saturated heterocycles. The van der Waals surface area contributed by atoms with Crippen molar-refractivity contribution in [1.82, 2.24) is 0 Å². The Hall–Kier alpha value is -1.47. The van der Waals surface area contributed by atoms with Gasteiger partial charge in [-0.25, -0.2) is 4.99 Å². The molecule has 1 aliphatic heterocycles. The lowest BCUT2D eigenvalue weighted by Gasteiger charge is -2.34. The van der Waals surface area contributed by atoms with Crippen LogP contribution in [0.4, 0.5) is 0 Å². The summed E-state index contributed by atoms with van der Waals surface area (Å²) in [5.41, 5.74) is 0. The summed E-state index contributed by atoms with van der Waals surface area (Å²) in [6, 6.07) is 0. The minimum Gasteiger partial charge on any atom is -0.481 e. The summed E-state index contributed by atoms with van der Waals surface area (Å²) >= 11 is 0. The third-order valence-corrected chi connectivity index (χ3v) is 4.75. The molecule has 0 aliphatic carbocycles. The van der Waals surface area contributed by atoms with Crippen molar-refractivity contribution in [3.05, 3.63) is 0 Å². The fraction of sp³-hybridized carbons (Fsp3) is 0.833. The van der Waals surface area contributed by atoms with E-state index in [9.17, 15) is 9.59 Å². The van der Waals surface area contributed by atoms with Gasteiger partial charge >= 0.3 is 11.9 Å². The minimum absolute atomic E-state index is 0.00645. The predicted octanol–water partition coefficient (Wildman–Crippen LogP) is 2.54. The van der Waals surface area contributed by atoms with Gasteiger partial charge in [0.1, 0.15) is 13.1 Å². The van der Waals surface area contributed by atoms with Gasteiger partial charge in [-0.05, 0) is 6.42 Å². The second-order valence-electron chi connectivity index (χ2n) is 6.68. The summed E-state index contributed by atoms with van der Waals surface area (Å²) in [4.78, 5) is 26.2. The molecule has 7 heteroatoms. The molecule has 0 fully saturated rings. The lowest BCUT2D eigenvalue weighted by molar-refractivity contribution is -0.836. The summed E-state index contributed by atoms with van der Waals surface area (Å²) < 4.78 is 6.04. The standard InChI is InChI=1S/C18H32N2O5/c1-2-3-4-5-6-7-16-19-10-12-20(16,11-8-17(21)22)13-15-25-14-9-18(23)24/h2-15H2,1H3,(H-,21,22,23,24)/p+1. The molecule has 144 valence electrons. The molecule has 0 radical (unpaired) electrons. The van der Waals surface area contributed by atoms with Crippen LogP contribution in [-0.2, 0) is 14.3 Å². The number of quaternary nitrogens is 1. The summed E-state index contributed by atoms with van der Waals surface area (Å²) in [5, 5.41) is 17.7. The third-order valence-electron chi connectivity index (χ3n) is 4.75. The first-order valence-corrected chi connectivity index (χ1v) is 9.41. The number of hydrogen-bond donors (Lipinski definition) is 2. The van der Waals surface area contributed by atoms with Gasteiger partial charge in [-0.3, -0.25) is 14.1 Å². The molecule has 1 rings (SSSR count). The molecule has 0 aromatic carbocycles. The minimum atomic E-state index is -0.870. The number of hydrogen-bond acceptors (Lipinski definition) is 4. The first-order valence-electron chi connectivity index (χ1n) is 9.41. The second-order valence-corrected chi connectivity index (χ2v) is 6.68. The molecule has 0 spiro atoms. The van der Waals surface area contributed by atoms with Crippen LogP contribution >= 0.6 is 0 Å². The van der Waals surface area contributed by atoms with E-state index in [-0.39, 0.29) is 19.4 Å². The molecule has 2 N–H and O–H groups in total. The number of nitrogens with zero attached hydrogens (tertiary/aromatic N) is 2. The number of rotatable bonds is 15. The van der Waals surface area contributed by atoms with Crippen LogP contribution in [-0.4, -0.2) is 71.9 Å². The number of ether oxygens (including phenoxy) is 1. The van der Waals surface area contributed by atoms with E-state index < -0.39 is 11.9 Å². The van der Waals surface area contributed by atoms with Crippen LogP contribution in [0.5, 0.6) is 0 Å². The van der Waals surface area contributed by atoms with Crippen molar-refractivity contribution in [2.45, 2.75) is 58.3 Å². The molecule has 25 heavy (non-hydrogen) atoms. The molecular weight excluding hydrogens is 324 g/mol. The van der Waals surface area contributed by atoms with Crippen molar-refractivity contribution in [1.29, 1.82) is 0 Å². The number of unbranched alkanes of at least 4 members (excludes halogenated alkanes) is 4. The Morgan fingerprint density at radius 3 is 2.44 bits per heavy atom. The largest absolute Gasteiger partial charge is 0.481 e. The molecule has 0 aromatic rings. The fourth-order valence-corrected chi connectivity index (χ4v) is 3.26. The summed E-state index contributed by atoms with van der Waals surface area (Å²) in [6.07, 6.45) is 7.00. The Morgan fingerprint density at radius 2 is 1.76 bits per heavy atom. The van der Waals surface area contributed by atoms with Crippen LogP contribution in [0.2, 0.25) is 0 Å². The fourth-order valence-electron chi connectivity index (χ4n) is 3.26. The van der Waals surface area contributed by atoms with Crippen molar-refractivity contribution in [3.63, 3.8) is 0 Å². The van der Waals surface area contributed by atoms with Gasteiger partial charge < -0.3 is 14.9 Å². The molecular formula is C18H33N2O5+. The molecule has 0 amide bonds. The number of aliphatic carboxylic acids is 2. The zero-order chi connectivity index (χ0) is 18.5. The van der Waals surface area contributed by atoms with E-state index in [1.807, 2.05) is 0 Å². The second kappa shape index (κ2) is 12.0. The quantitative estimate of drug-likeness (QED) is 0.347. The van der Waals surface area contributed by atoms with E-state index in [4.69, 9.17) is 14.9 Å². The highest BCUT2D eigenvalue weighted by atomic mass is 16.5. The van der Waals surface area contributed by atoms with Gasteiger partial charge in [0.2, 0.25) is 0 Å². The number of amidine groups is 1. The monoisotopic (exact) mass is 357 g/mol. The van der Waals surface area contributed by atoms with E-state index in [1.165, 1.54) is 25.7 Å². The zero-order valence-electron chi connectivity index (χ0n) is 15.4. The lowest BCUT2D eigenvalue weighted by atomic mass is 10.1. The van der Waals surface area contributed by atoms with Crippen molar-refractivity contribution in [2.75, 3.05) is 39.4 Å². The Kier molecular flexibility index (Phi) is 10.3. The number of carbonyl (C=O) groups is 2. The maximum Gasteiger partial charge on any atom is 0.309 e. The van der Waals surface area contributed by atoms with Gasteiger partial charge in [0.15, 0.2) is 5.84 Å². The zero-order valence-corrected chi connectivity index (χ0v) is 15.4. The summed E-state index contributed by atoms with van der Waals surface area (Å²) in [5.74, 6) is -0.566. The Morgan fingerprint density at radius 1 is 1.04 bits per heavy atom. The predicted molar refractivity (Wildman–Crippen MR) is 95.9 cm³/mol. The number of aliphatic imine (C=N–C) groups is 1. The molecule has 7 nitrogen and oxygen atoms in total. The van der Waals surface area contributed by atoms with Crippen LogP contribution in [0.25, 0.3) is 0 Å². The molecule has 1 heterocycles. The van der Waals surface area contributed by atoms with Gasteiger partial charge in [0.05, 0.1) is 39.1 Å². The molecule has 1 atom stereocenters. The van der Waals surface area contributed by atoms with Crippen LogP contribution in [0, 0.1) is 0 Å². The van der Waals surface area contributed by atoms with Crippen LogP contribution < -0.4 is 0 Å². The Labute approximate surface area is 150 Å². The topological polar surface area (TPSA) is 96.2 Å². The van der Waals surface area contributed by atoms with E-state index >= 15 is 0 Å². The van der Waals surface area contributed by atoms with Crippen molar-refractivity contribution in [3.8, 4) is 0 Å². The highest BCUT2D eigenvalue weighted by Gasteiger charge is 2.37. The first-order chi connectivity index (χ1) is 12.0. The van der Waals surface area contributed by atoms with E-state index in [1.54, 1.807) is 0 Å². The summed E-state index contributed by atoms with van der Waals surface area (Å²) in [7, 11) is 0. The van der Waals surface area contributed by atoms with Crippen LogP contribution in [0.15, 0.2) is 4.99 Å². The normalized spacial score (nSPS) is 19.8. The highest BCUT2D eigenvalue weighted by molar-refractivity contribution is 5.77. The van der Waals surface area contributed by atoms with Gasteiger partial charge in [0, 0.05) is 6.42 Å². The average Bonchev–Trinajstić information content (AvgIpc) is 2.95. The van der Waals surface area contributed by atoms with Crippen molar-refractivity contribution in [2.24, 2.45) is 4.99 Å². The van der Waals surface area contributed by atoms with Crippen LogP contribution in [0.1, 0.15) is 58.3 Å². The lowest BCUT2D eigenvalue weighted by Crippen LogP contribution is -2.53. The van der Waals surface area contributed by atoms with Crippen molar-refractivity contribution < 1.29 is 29.0 Å². The molecule has 0 bridgehead atoms. The van der Waals surface area contributed by atoms with Gasteiger partial charge in [-0.1, -0.05) is 32.6 Å². The first kappa shape index (κ1) is 21.6. The van der Waals surface area contributed by atoms with E-state index in [2.05, 4.69) is 11.9 Å². The number of carboxylic acid groups (broad SMARTS) is 2. The van der Waals surface area contributed by atoms with Crippen LogP contribution in [0.3, 0.4) is 0 Å². The molecule has 1 unspecified atom stereocenters. The molecule has 0 saturated carbocycles. The number of carboxylic acids is 2.